The molecule has 1 aromatic heterocycles. The molecule has 0 amide bonds. The number of rotatable bonds is 4. The SMILES string of the molecule is Nc1ncc(CCOc2ccc(Br)cc2)s1. The van der Waals surface area contributed by atoms with Gasteiger partial charge < -0.3 is 10.5 Å². The van der Waals surface area contributed by atoms with E-state index in [4.69, 9.17) is 10.5 Å². The molecule has 84 valence electrons. The van der Waals surface area contributed by atoms with E-state index in [2.05, 4.69) is 20.9 Å². The van der Waals surface area contributed by atoms with Crippen LogP contribution in [0.3, 0.4) is 0 Å². The van der Waals surface area contributed by atoms with E-state index in [-0.39, 0.29) is 0 Å². The molecule has 2 N–H and O–H groups in total. The number of thiazole rings is 1. The summed E-state index contributed by atoms with van der Waals surface area (Å²) in [5.41, 5.74) is 5.54. The van der Waals surface area contributed by atoms with Gasteiger partial charge in [-0.3, -0.25) is 0 Å². The van der Waals surface area contributed by atoms with Crippen LogP contribution >= 0.6 is 27.3 Å². The molecule has 5 heteroatoms. The minimum Gasteiger partial charge on any atom is -0.493 e. The number of anilines is 1. The second kappa shape index (κ2) is 5.32. The molecule has 0 aliphatic carbocycles. The maximum Gasteiger partial charge on any atom is 0.180 e. The van der Waals surface area contributed by atoms with Crippen molar-refractivity contribution in [3.63, 3.8) is 0 Å². The van der Waals surface area contributed by atoms with Crippen molar-refractivity contribution >= 4 is 32.4 Å². The second-order valence-corrected chi connectivity index (χ2v) is 5.28. The van der Waals surface area contributed by atoms with E-state index < -0.39 is 0 Å². The smallest absolute Gasteiger partial charge is 0.180 e. The van der Waals surface area contributed by atoms with Gasteiger partial charge in [0.1, 0.15) is 5.75 Å². The Labute approximate surface area is 106 Å². The summed E-state index contributed by atoms with van der Waals surface area (Å²) >= 11 is 4.88. The van der Waals surface area contributed by atoms with Crippen LogP contribution in [0.2, 0.25) is 0 Å². The van der Waals surface area contributed by atoms with E-state index in [1.54, 1.807) is 6.20 Å². The zero-order chi connectivity index (χ0) is 11.4. The summed E-state index contributed by atoms with van der Waals surface area (Å²) in [4.78, 5) is 5.14. The predicted molar refractivity (Wildman–Crippen MR) is 69.9 cm³/mol. The van der Waals surface area contributed by atoms with Gasteiger partial charge in [0.2, 0.25) is 0 Å². The average Bonchev–Trinajstić information content (AvgIpc) is 2.67. The van der Waals surface area contributed by atoms with Crippen LogP contribution in [-0.4, -0.2) is 11.6 Å². The van der Waals surface area contributed by atoms with Crippen molar-refractivity contribution in [1.82, 2.24) is 4.98 Å². The third kappa shape index (κ3) is 3.21. The Morgan fingerprint density at radius 1 is 1.31 bits per heavy atom. The van der Waals surface area contributed by atoms with Crippen molar-refractivity contribution in [3.05, 3.63) is 39.8 Å². The Bertz CT molecular complexity index is 455. The topological polar surface area (TPSA) is 48.1 Å². The van der Waals surface area contributed by atoms with Crippen LogP contribution < -0.4 is 10.5 Å². The number of benzene rings is 1. The van der Waals surface area contributed by atoms with E-state index in [9.17, 15) is 0 Å². The molecule has 0 aliphatic heterocycles. The van der Waals surface area contributed by atoms with Gasteiger partial charge in [0.05, 0.1) is 6.61 Å². The minimum absolute atomic E-state index is 0.610. The molecule has 16 heavy (non-hydrogen) atoms. The monoisotopic (exact) mass is 298 g/mol. The van der Waals surface area contributed by atoms with Crippen LogP contribution in [0, 0.1) is 0 Å². The van der Waals surface area contributed by atoms with Gasteiger partial charge in [-0.15, -0.1) is 11.3 Å². The molecule has 0 saturated heterocycles. The highest BCUT2D eigenvalue weighted by molar-refractivity contribution is 9.10. The first kappa shape index (κ1) is 11.4. The van der Waals surface area contributed by atoms with E-state index in [0.29, 0.717) is 11.7 Å². The van der Waals surface area contributed by atoms with Crippen molar-refractivity contribution in [2.45, 2.75) is 6.42 Å². The van der Waals surface area contributed by atoms with Crippen LogP contribution in [0.25, 0.3) is 0 Å². The summed E-state index contributed by atoms with van der Waals surface area (Å²) in [6.45, 7) is 0.642. The largest absolute Gasteiger partial charge is 0.493 e. The van der Waals surface area contributed by atoms with Gasteiger partial charge in [0, 0.05) is 22.0 Å². The Kier molecular flexibility index (Phi) is 3.79. The molecule has 0 fully saturated rings. The Balaban J connectivity index is 1.82. The molecule has 1 heterocycles. The van der Waals surface area contributed by atoms with Crippen molar-refractivity contribution in [1.29, 1.82) is 0 Å². The second-order valence-electron chi connectivity index (χ2n) is 3.22. The molecule has 0 spiro atoms. The Morgan fingerprint density at radius 2 is 2.06 bits per heavy atom. The first-order chi connectivity index (χ1) is 7.74. The summed E-state index contributed by atoms with van der Waals surface area (Å²) in [6.07, 6.45) is 2.63. The lowest BCUT2D eigenvalue weighted by Crippen LogP contribution is -1.99. The van der Waals surface area contributed by atoms with Crippen LogP contribution in [0.15, 0.2) is 34.9 Å². The molecular weight excluding hydrogens is 288 g/mol. The number of nitrogens with two attached hydrogens (primary N) is 1. The number of nitrogens with zero attached hydrogens (tertiary/aromatic N) is 1. The summed E-state index contributed by atoms with van der Waals surface area (Å²) in [6, 6.07) is 7.79. The lowest BCUT2D eigenvalue weighted by molar-refractivity contribution is 0.323. The lowest BCUT2D eigenvalue weighted by atomic mass is 10.3. The summed E-state index contributed by atoms with van der Waals surface area (Å²) in [7, 11) is 0. The zero-order valence-electron chi connectivity index (χ0n) is 8.52. The first-order valence-electron chi connectivity index (χ1n) is 4.82. The molecule has 0 saturated carbocycles. The van der Waals surface area contributed by atoms with Gasteiger partial charge in [-0.1, -0.05) is 15.9 Å². The highest BCUT2D eigenvalue weighted by Gasteiger charge is 1.99. The molecule has 2 aromatic rings. The number of halogens is 1. The maximum atomic E-state index is 5.59. The standard InChI is InChI=1S/C11H11BrN2OS/c12-8-1-3-9(4-2-8)15-6-5-10-7-14-11(13)16-10/h1-4,7H,5-6H2,(H2,13,14). The summed E-state index contributed by atoms with van der Waals surface area (Å²) in [5.74, 6) is 0.876. The number of hydrogen-bond donors (Lipinski definition) is 1. The first-order valence-corrected chi connectivity index (χ1v) is 6.43. The minimum atomic E-state index is 0.610. The van der Waals surface area contributed by atoms with Gasteiger partial charge in [0.15, 0.2) is 5.13 Å². The quantitative estimate of drug-likeness (QED) is 0.943. The molecule has 0 unspecified atom stereocenters. The molecule has 0 atom stereocenters. The third-order valence-electron chi connectivity index (χ3n) is 2.00. The summed E-state index contributed by atoms with van der Waals surface area (Å²) in [5, 5.41) is 0.610. The van der Waals surface area contributed by atoms with Crippen molar-refractivity contribution in [2.24, 2.45) is 0 Å². The maximum absolute atomic E-state index is 5.59. The van der Waals surface area contributed by atoms with E-state index in [0.717, 1.165) is 21.5 Å². The fraction of sp³-hybridized carbons (Fsp3) is 0.182. The van der Waals surface area contributed by atoms with Crippen LogP contribution in [0.1, 0.15) is 4.88 Å². The number of aromatic nitrogens is 1. The van der Waals surface area contributed by atoms with Crippen LogP contribution in [-0.2, 0) is 6.42 Å². The Morgan fingerprint density at radius 3 is 2.69 bits per heavy atom. The van der Waals surface area contributed by atoms with Gasteiger partial charge in [-0.2, -0.15) is 0 Å². The fourth-order valence-corrected chi connectivity index (χ4v) is 2.17. The zero-order valence-corrected chi connectivity index (χ0v) is 10.9. The molecule has 1 aromatic carbocycles. The van der Waals surface area contributed by atoms with Crippen LogP contribution in [0.5, 0.6) is 5.75 Å². The Hall–Kier alpha value is -1.07. The average molecular weight is 299 g/mol. The highest BCUT2D eigenvalue weighted by Crippen LogP contribution is 2.18. The lowest BCUT2D eigenvalue weighted by Gasteiger charge is -2.04. The molecule has 3 nitrogen and oxygen atoms in total. The van der Waals surface area contributed by atoms with Crippen molar-refractivity contribution < 1.29 is 4.74 Å². The van der Waals surface area contributed by atoms with E-state index >= 15 is 0 Å². The van der Waals surface area contributed by atoms with Crippen LogP contribution in [0.4, 0.5) is 5.13 Å². The molecule has 2 rings (SSSR count). The van der Waals surface area contributed by atoms with E-state index in [1.165, 1.54) is 11.3 Å². The molecule has 0 aliphatic rings. The van der Waals surface area contributed by atoms with Crippen molar-refractivity contribution in [3.8, 4) is 5.75 Å². The normalized spacial score (nSPS) is 10.3. The van der Waals surface area contributed by atoms with E-state index in [1.807, 2.05) is 24.3 Å². The number of hydrogen-bond acceptors (Lipinski definition) is 4. The number of nitrogen functional groups attached to an aromatic ring is 1. The number of ether oxygens (including phenoxy) is 1. The third-order valence-corrected chi connectivity index (χ3v) is 3.42. The highest BCUT2D eigenvalue weighted by atomic mass is 79.9. The molecular formula is C11H11BrN2OS. The molecule has 0 bridgehead atoms. The van der Waals surface area contributed by atoms with Gasteiger partial charge in [0.25, 0.3) is 0 Å². The van der Waals surface area contributed by atoms with Gasteiger partial charge >= 0.3 is 0 Å². The summed E-state index contributed by atoms with van der Waals surface area (Å²) < 4.78 is 6.64. The van der Waals surface area contributed by atoms with Crippen molar-refractivity contribution in [2.75, 3.05) is 12.3 Å². The van der Waals surface area contributed by atoms with Gasteiger partial charge in [-0.05, 0) is 24.3 Å². The van der Waals surface area contributed by atoms with Gasteiger partial charge in [-0.25, -0.2) is 4.98 Å². The predicted octanol–water partition coefficient (Wildman–Crippen LogP) is 3.11. The molecule has 0 radical (unpaired) electrons. The fourth-order valence-electron chi connectivity index (χ4n) is 1.24.